The number of aromatic nitrogens is 3. The van der Waals surface area contributed by atoms with Crippen molar-refractivity contribution in [3.63, 3.8) is 0 Å². The molecule has 1 aliphatic carbocycles. The van der Waals surface area contributed by atoms with Crippen LogP contribution >= 0.6 is 0 Å². The van der Waals surface area contributed by atoms with Gasteiger partial charge in [-0.15, -0.1) is 0 Å². The van der Waals surface area contributed by atoms with E-state index in [4.69, 9.17) is 0 Å². The number of aromatic amines is 1. The quantitative estimate of drug-likeness (QED) is 0.509. The third kappa shape index (κ3) is 4.20. The number of hydrogen-bond acceptors (Lipinski definition) is 4. The highest BCUT2D eigenvalue weighted by Gasteiger charge is 2.34. The van der Waals surface area contributed by atoms with Crippen LogP contribution in [0.5, 0.6) is 0 Å². The van der Waals surface area contributed by atoms with Gasteiger partial charge in [-0.25, -0.2) is 9.97 Å². The minimum absolute atomic E-state index is 0.0150. The molecule has 2 atom stereocenters. The Bertz CT molecular complexity index is 1280. The van der Waals surface area contributed by atoms with E-state index in [9.17, 15) is 14.0 Å². The molecule has 3 aromatic heterocycles. The highest BCUT2D eigenvalue weighted by atomic mass is 19.1. The first-order valence-corrected chi connectivity index (χ1v) is 11.9. The van der Waals surface area contributed by atoms with Gasteiger partial charge in [0.15, 0.2) is 0 Å². The van der Waals surface area contributed by atoms with Crippen LogP contribution in [0, 0.1) is 11.9 Å². The molecule has 5 rings (SSSR count). The summed E-state index contributed by atoms with van der Waals surface area (Å²) in [6.07, 6.45) is 9.31. The molecule has 0 aromatic carbocycles. The predicted molar refractivity (Wildman–Crippen MR) is 129 cm³/mol. The van der Waals surface area contributed by atoms with Crippen molar-refractivity contribution in [2.75, 3.05) is 5.32 Å². The molecule has 176 valence electrons. The summed E-state index contributed by atoms with van der Waals surface area (Å²) in [5.41, 5.74) is 3.16. The molecule has 1 aliphatic heterocycles. The van der Waals surface area contributed by atoms with Gasteiger partial charge in [-0.2, -0.15) is 4.39 Å². The van der Waals surface area contributed by atoms with Crippen molar-refractivity contribution in [1.82, 2.24) is 19.9 Å². The molecule has 1 fully saturated rings. The maximum Gasteiger partial charge on any atom is 0.254 e. The van der Waals surface area contributed by atoms with Gasteiger partial charge in [0.05, 0.1) is 6.04 Å². The zero-order chi connectivity index (χ0) is 23.8. The maximum atomic E-state index is 13.7. The number of halogens is 1. The molecule has 8 heteroatoms. The van der Waals surface area contributed by atoms with Crippen LogP contribution < -0.4 is 5.32 Å². The van der Waals surface area contributed by atoms with Gasteiger partial charge in [-0.3, -0.25) is 9.59 Å². The van der Waals surface area contributed by atoms with Crippen molar-refractivity contribution in [3.8, 4) is 0 Å². The van der Waals surface area contributed by atoms with Gasteiger partial charge in [-0.05, 0) is 61.4 Å². The number of anilines is 1. The minimum Gasteiger partial charge on any atom is -0.346 e. The number of nitrogens with one attached hydrogen (secondary N) is 2. The Morgan fingerprint density at radius 2 is 2.03 bits per heavy atom. The lowest BCUT2D eigenvalue weighted by molar-refractivity contribution is -0.117. The number of fused-ring (bicyclic) bond motifs is 1. The molecule has 3 aromatic rings. The number of hydrogen-bond donors (Lipinski definition) is 2. The average molecular weight is 462 g/mol. The van der Waals surface area contributed by atoms with Crippen LogP contribution in [0.15, 0.2) is 42.7 Å². The zero-order valence-corrected chi connectivity index (χ0v) is 19.3. The number of nitrogens with zero attached hydrogens (tertiary/aromatic N) is 3. The van der Waals surface area contributed by atoms with E-state index in [-0.39, 0.29) is 29.8 Å². The third-order valence-electron chi connectivity index (χ3n) is 6.77. The summed E-state index contributed by atoms with van der Waals surface area (Å²) in [5.74, 6) is -0.206. The van der Waals surface area contributed by atoms with E-state index in [2.05, 4.69) is 33.3 Å². The van der Waals surface area contributed by atoms with E-state index in [1.807, 2.05) is 30.2 Å². The number of rotatable bonds is 6. The number of H-pyrrole nitrogens is 1. The van der Waals surface area contributed by atoms with Crippen molar-refractivity contribution in [1.29, 1.82) is 0 Å². The molecular weight excluding hydrogens is 433 g/mol. The molecule has 34 heavy (non-hydrogen) atoms. The van der Waals surface area contributed by atoms with Crippen LogP contribution in [-0.4, -0.2) is 43.7 Å². The summed E-state index contributed by atoms with van der Waals surface area (Å²) in [6, 6.07) is 6.51. The van der Waals surface area contributed by atoms with E-state index < -0.39 is 5.95 Å². The first-order chi connectivity index (χ1) is 16.5. The second-order valence-corrected chi connectivity index (χ2v) is 9.07. The second-order valence-electron chi connectivity index (χ2n) is 9.07. The fourth-order valence-electron chi connectivity index (χ4n) is 4.80. The standard InChI is InChI=1S/C26H28FN5O2/c1-3-18-11-17(12-19(4-2)32(18)26(34)16-7-9-28-22(27)13-16)21-14-23(31-25(33)15-5-6-15)30-24-20(21)8-10-29-24/h7-11,13-15,18-19H,3-6,12H2,1-2H3,(H2,29,30,31,33). The Kier molecular flexibility index (Phi) is 5.89. The van der Waals surface area contributed by atoms with Crippen LogP contribution in [-0.2, 0) is 4.79 Å². The van der Waals surface area contributed by atoms with Crippen molar-refractivity contribution >= 4 is 34.2 Å². The molecule has 0 bridgehead atoms. The highest BCUT2D eigenvalue weighted by molar-refractivity contribution is 5.98. The van der Waals surface area contributed by atoms with Gasteiger partial charge in [0.25, 0.3) is 5.91 Å². The zero-order valence-electron chi connectivity index (χ0n) is 19.3. The predicted octanol–water partition coefficient (Wildman–Crippen LogP) is 4.93. The summed E-state index contributed by atoms with van der Waals surface area (Å²) >= 11 is 0. The SMILES string of the molecule is CCC1C=C(c2cc(NC(=O)C3CC3)nc3[nH]ccc23)CC(CC)N1C(=O)c1ccnc(F)c1. The number of carbonyl (C=O) groups is 2. The van der Waals surface area contributed by atoms with Gasteiger partial charge < -0.3 is 15.2 Å². The van der Waals surface area contributed by atoms with Gasteiger partial charge in [0.2, 0.25) is 11.9 Å². The molecule has 0 spiro atoms. The smallest absolute Gasteiger partial charge is 0.254 e. The second kappa shape index (κ2) is 9.00. The lowest BCUT2D eigenvalue weighted by Gasteiger charge is -2.41. The van der Waals surface area contributed by atoms with Crippen molar-refractivity contribution in [3.05, 3.63) is 59.8 Å². The van der Waals surface area contributed by atoms with Crippen molar-refractivity contribution in [2.45, 2.75) is 58.0 Å². The Hall–Kier alpha value is -3.55. The molecule has 1 saturated carbocycles. The topological polar surface area (TPSA) is 91.0 Å². The fourth-order valence-corrected chi connectivity index (χ4v) is 4.80. The summed E-state index contributed by atoms with van der Waals surface area (Å²) in [6.45, 7) is 4.11. The molecule has 0 saturated heterocycles. The maximum absolute atomic E-state index is 13.7. The Labute approximate surface area is 197 Å². The molecule has 7 nitrogen and oxygen atoms in total. The third-order valence-corrected chi connectivity index (χ3v) is 6.77. The van der Waals surface area contributed by atoms with Crippen LogP contribution in [0.2, 0.25) is 0 Å². The van der Waals surface area contributed by atoms with E-state index in [1.165, 1.54) is 12.3 Å². The molecule has 2 N–H and O–H groups in total. The van der Waals surface area contributed by atoms with Crippen LogP contribution in [0.3, 0.4) is 0 Å². The first-order valence-electron chi connectivity index (χ1n) is 11.9. The van der Waals surface area contributed by atoms with Crippen molar-refractivity contribution < 1.29 is 14.0 Å². The Morgan fingerprint density at radius 3 is 2.74 bits per heavy atom. The fraction of sp³-hybridized carbons (Fsp3) is 0.385. The Morgan fingerprint density at radius 1 is 1.21 bits per heavy atom. The van der Waals surface area contributed by atoms with Gasteiger partial charge in [0.1, 0.15) is 11.5 Å². The molecule has 0 radical (unpaired) electrons. The molecule has 2 amide bonds. The minimum atomic E-state index is -0.660. The van der Waals surface area contributed by atoms with Crippen LogP contribution in [0.25, 0.3) is 16.6 Å². The lowest BCUT2D eigenvalue weighted by atomic mass is 9.87. The molecule has 2 aliphatic rings. The molecular formula is C26H28FN5O2. The van der Waals surface area contributed by atoms with Crippen molar-refractivity contribution in [2.24, 2.45) is 5.92 Å². The van der Waals surface area contributed by atoms with E-state index in [1.54, 1.807) is 6.07 Å². The van der Waals surface area contributed by atoms with E-state index in [0.29, 0.717) is 17.8 Å². The molecule has 2 unspecified atom stereocenters. The summed E-state index contributed by atoms with van der Waals surface area (Å²) in [4.78, 5) is 39.0. The normalized spacial score (nSPS) is 20.3. The summed E-state index contributed by atoms with van der Waals surface area (Å²) < 4.78 is 13.7. The lowest BCUT2D eigenvalue weighted by Crippen LogP contribution is -2.48. The summed E-state index contributed by atoms with van der Waals surface area (Å²) in [7, 11) is 0. The molecule has 4 heterocycles. The first kappa shape index (κ1) is 22.3. The monoisotopic (exact) mass is 461 g/mol. The van der Waals surface area contributed by atoms with Gasteiger partial charge >= 0.3 is 0 Å². The van der Waals surface area contributed by atoms with Crippen LogP contribution in [0.1, 0.15) is 61.9 Å². The number of carbonyl (C=O) groups excluding carboxylic acids is 2. The average Bonchev–Trinajstić information content (AvgIpc) is 3.60. The van der Waals surface area contributed by atoms with Crippen LogP contribution in [0.4, 0.5) is 10.2 Å². The largest absolute Gasteiger partial charge is 0.346 e. The van der Waals surface area contributed by atoms with E-state index in [0.717, 1.165) is 47.9 Å². The van der Waals surface area contributed by atoms with Gasteiger partial charge in [0, 0.05) is 41.4 Å². The Balaban J connectivity index is 1.52. The highest BCUT2D eigenvalue weighted by Crippen LogP contribution is 2.37. The van der Waals surface area contributed by atoms with Gasteiger partial charge in [-0.1, -0.05) is 19.9 Å². The van der Waals surface area contributed by atoms with E-state index >= 15 is 0 Å². The summed E-state index contributed by atoms with van der Waals surface area (Å²) in [5, 5.41) is 3.95. The number of pyridine rings is 2. The number of amides is 2.